The molecule has 118 valence electrons. The average Bonchev–Trinajstić information content (AvgIpc) is 2.53. The van der Waals surface area contributed by atoms with Crippen LogP contribution in [-0.4, -0.2) is 47.7 Å². The predicted molar refractivity (Wildman–Crippen MR) is 80.7 cm³/mol. The number of aryl methyl sites for hydroxylation is 1. The fraction of sp³-hybridized carbons (Fsp3) is 0.529. The van der Waals surface area contributed by atoms with E-state index in [0.717, 1.165) is 24.8 Å². The normalized spacial score (nSPS) is 24.6. The van der Waals surface area contributed by atoms with Crippen LogP contribution in [0.4, 0.5) is 0 Å². The second-order valence-electron chi connectivity index (χ2n) is 6.02. The van der Waals surface area contributed by atoms with E-state index in [-0.39, 0.29) is 18.2 Å². The molecule has 1 aromatic rings. The van der Waals surface area contributed by atoms with Crippen molar-refractivity contribution in [2.75, 3.05) is 19.7 Å². The van der Waals surface area contributed by atoms with Crippen LogP contribution in [0.2, 0.25) is 0 Å². The van der Waals surface area contributed by atoms with Crippen molar-refractivity contribution >= 4 is 11.9 Å². The van der Waals surface area contributed by atoms with Crippen LogP contribution in [0.3, 0.4) is 0 Å². The largest absolute Gasteiger partial charge is 0.481 e. The van der Waals surface area contributed by atoms with Crippen molar-refractivity contribution in [3.05, 3.63) is 35.4 Å². The van der Waals surface area contributed by atoms with E-state index in [1.54, 1.807) is 4.90 Å². The van der Waals surface area contributed by atoms with Gasteiger partial charge in [-0.25, -0.2) is 0 Å². The number of aliphatic carboxylic acids is 1. The van der Waals surface area contributed by atoms with E-state index in [1.807, 2.05) is 18.2 Å². The second kappa shape index (κ2) is 6.48. The van der Waals surface area contributed by atoms with Crippen LogP contribution in [0.15, 0.2) is 24.3 Å². The summed E-state index contributed by atoms with van der Waals surface area (Å²) >= 11 is 0. The quantitative estimate of drug-likeness (QED) is 0.925. The molecular formula is C17H21NO4. The smallest absolute Gasteiger partial charge is 0.306 e. The van der Waals surface area contributed by atoms with Gasteiger partial charge in [0.2, 0.25) is 5.91 Å². The van der Waals surface area contributed by atoms with Crippen LogP contribution in [0, 0.1) is 0 Å². The molecule has 2 atom stereocenters. The molecule has 22 heavy (non-hydrogen) atoms. The van der Waals surface area contributed by atoms with E-state index in [0.29, 0.717) is 19.7 Å². The third-order valence-corrected chi connectivity index (χ3v) is 4.52. The van der Waals surface area contributed by atoms with Gasteiger partial charge < -0.3 is 14.7 Å². The zero-order chi connectivity index (χ0) is 15.5. The summed E-state index contributed by atoms with van der Waals surface area (Å²) in [6.07, 6.45) is 2.48. The van der Waals surface area contributed by atoms with Crippen molar-refractivity contribution in [3.63, 3.8) is 0 Å². The van der Waals surface area contributed by atoms with Crippen molar-refractivity contribution in [2.24, 2.45) is 0 Å². The Morgan fingerprint density at radius 1 is 1.32 bits per heavy atom. The summed E-state index contributed by atoms with van der Waals surface area (Å²) in [4.78, 5) is 25.5. The van der Waals surface area contributed by atoms with Crippen molar-refractivity contribution in [3.8, 4) is 0 Å². The number of nitrogens with zero attached hydrogens (tertiary/aromatic N) is 1. The summed E-state index contributed by atoms with van der Waals surface area (Å²) in [5.41, 5.74) is 2.41. The molecule has 1 aliphatic carbocycles. The number of hydrogen-bond donors (Lipinski definition) is 1. The van der Waals surface area contributed by atoms with Gasteiger partial charge >= 0.3 is 5.97 Å². The first-order valence-corrected chi connectivity index (χ1v) is 7.85. The molecule has 0 unspecified atom stereocenters. The molecular weight excluding hydrogens is 282 g/mol. The Balaban J connectivity index is 1.73. The molecule has 0 bridgehead atoms. The molecule has 0 radical (unpaired) electrons. The molecule has 1 aromatic carbocycles. The lowest BCUT2D eigenvalue weighted by Gasteiger charge is -2.36. The van der Waals surface area contributed by atoms with E-state index in [9.17, 15) is 9.59 Å². The molecule has 1 heterocycles. The molecule has 1 saturated heterocycles. The number of fused-ring (bicyclic) bond motifs is 1. The fourth-order valence-corrected chi connectivity index (χ4v) is 3.47. The van der Waals surface area contributed by atoms with E-state index in [2.05, 4.69) is 6.07 Å². The Labute approximate surface area is 129 Å². The number of morpholine rings is 1. The summed E-state index contributed by atoms with van der Waals surface area (Å²) in [5.74, 6) is -0.860. The number of hydrogen-bond acceptors (Lipinski definition) is 3. The minimum absolute atomic E-state index is 0.0506. The van der Waals surface area contributed by atoms with Crippen LogP contribution in [0.5, 0.6) is 0 Å². The highest BCUT2D eigenvalue weighted by Gasteiger charge is 2.33. The minimum atomic E-state index is -0.887. The van der Waals surface area contributed by atoms with Crippen LogP contribution in [0.25, 0.3) is 0 Å². The Kier molecular flexibility index (Phi) is 4.43. The van der Waals surface area contributed by atoms with Crippen LogP contribution < -0.4 is 0 Å². The van der Waals surface area contributed by atoms with Gasteiger partial charge in [0.25, 0.3) is 0 Å². The highest BCUT2D eigenvalue weighted by molar-refractivity contribution is 5.84. The van der Waals surface area contributed by atoms with Gasteiger partial charge in [-0.3, -0.25) is 9.59 Å². The molecule has 0 spiro atoms. The number of benzene rings is 1. The first-order chi connectivity index (χ1) is 10.6. The maximum absolute atomic E-state index is 12.9. The average molecular weight is 303 g/mol. The molecule has 0 saturated carbocycles. The maximum Gasteiger partial charge on any atom is 0.306 e. The van der Waals surface area contributed by atoms with E-state index >= 15 is 0 Å². The number of rotatable bonds is 3. The monoisotopic (exact) mass is 303 g/mol. The number of amides is 1. The number of carbonyl (C=O) groups excluding carboxylic acids is 1. The van der Waals surface area contributed by atoms with Gasteiger partial charge in [-0.15, -0.1) is 0 Å². The lowest BCUT2D eigenvalue weighted by Crippen LogP contribution is -2.48. The molecule has 5 nitrogen and oxygen atoms in total. The first-order valence-electron chi connectivity index (χ1n) is 7.85. The van der Waals surface area contributed by atoms with Crippen molar-refractivity contribution in [2.45, 2.75) is 37.7 Å². The van der Waals surface area contributed by atoms with Crippen LogP contribution >= 0.6 is 0 Å². The molecule has 1 fully saturated rings. The molecule has 1 aliphatic heterocycles. The van der Waals surface area contributed by atoms with Crippen molar-refractivity contribution in [1.82, 2.24) is 4.90 Å². The Morgan fingerprint density at radius 3 is 2.95 bits per heavy atom. The highest BCUT2D eigenvalue weighted by Crippen LogP contribution is 2.33. The summed E-state index contributed by atoms with van der Waals surface area (Å²) in [6, 6.07) is 8.15. The van der Waals surface area contributed by atoms with Gasteiger partial charge in [-0.05, 0) is 30.4 Å². The van der Waals surface area contributed by atoms with Gasteiger partial charge in [0.15, 0.2) is 0 Å². The number of ether oxygens (including phenoxy) is 1. The van der Waals surface area contributed by atoms with Crippen LogP contribution in [-0.2, 0) is 20.7 Å². The van der Waals surface area contributed by atoms with Gasteiger partial charge in [-0.1, -0.05) is 24.3 Å². The Bertz CT molecular complexity index is 572. The van der Waals surface area contributed by atoms with Crippen molar-refractivity contribution in [1.29, 1.82) is 0 Å². The highest BCUT2D eigenvalue weighted by atomic mass is 16.5. The third-order valence-electron chi connectivity index (χ3n) is 4.52. The number of carboxylic acid groups (broad SMARTS) is 1. The summed E-state index contributed by atoms with van der Waals surface area (Å²) in [7, 11) is 0. The lowest BCUT2D eigenvalue weighted by atomic mass is 9.82. The van der Waals surface area contributed by atoms with E-state index in [4.69, 9.17) is 9.84 Å². The van der Waals surface area contributed by atoms with Gasteiger partial charge in [0.05, 0.1) is 25.0 Å². The maximum atomic E-state index is 12.9. The minimum Gasteiger partial charge on any atom is -0.481 e. The lowest BCUT2D eigenvalue weighted by molar-refractivity contribution is -0.148. The predicted octanol–water partition coefficient (Wildman–Crippen LogP) is 1.81. The van der Waals surface area contributed by atoms with E-state index < -0.39 is 12.1 Å². The SMILES string of the molecule is O=C(O)C[C@H]1CN(C(=O)[C@@H]2CCCc3ccccc32)CCO1. The molecule has 1 N–H and O–H groups in total. The Hall–Kier alpha value is -1.88. The topological polar surface area (TPSA) is 66.8 Å². The molecule has 0 aromatic heterocycles. The third kappa shape index (κ3) is 3.14. The summed E-state index contributed by atoms with van der Waals surface area (Å²) < 4.78 is 5.45. The number of carboxylic acids is 1. The van der Waals surface area contributed by atoms with Crippen molar-refractivity contribution < 1.29 is 19.4 Å². The first kappa shape index (κ1) is 15.0. The fourth-order valence-electron chi connectivity index (χ4n) is 3.47. The zero-order valence-electron chi connectivity index (χ0n) is 12.5. The van der Waals surface area contributed by atoms with Gasteiger partial charge in [0, 0.05) is 13.1 Å². The molecule has 3 rings (SSSR count). The summed E-state index contributed by atoms with van der Waals surface area (Å²) in [5, 5.41) is 8.89. The molecule has 1 amide bonds. The zero-order valence-corrected chi connectivity index (χ0v) is 12.5. The molecule has 5 heteroatoms. The second-order valence-corrected chi connectivity index (χ2v) is 6.02. The summed E-state index contributed by atoms with van der Waals surface area (Å²) in [6.45, 7) is 1.34. The van der Waals surface area contributed by atoms with Gasteiger partial charge in [0.1, 0.15) is 0 Å². The van der Waals surface area contributed by atoms with E-state index in [1.165, 1.54) is 5.56 Å². The number of carbonyl (C=O) groups is 2. The standard InChI is InChI=1S/C17H21NO4/c19-16(20)10-13-11-18(8-9-22-13)17(21)15-7-3-5-12-4-1-2-6-14(12)15/h1-2,4,6,13,15H,3,5,7-11H2,(H,19,20)/t13-,15+/m0/s1. The van der Waals surface area contributed by atoms with Crippen LogP contribution in [0.1, 0.15) is 36.3 Å². The van der Waals surface area contributed by atoms with Gasteiger partial charge in [-0.2, -0.15) is 0 Å². The molecule has 2 aliphatic rings. The Morgan fingerprint density at radius 2 is 2.14 bits per heavy atom.